The molecule has 0 amide bonds. The zero-order valence-electron chi connectivity index (χ0n) is 3.72. The van der Waals surface area contributed by atoms with Crippen LogP contribution < -0.4 is 0 Å². The highest BCUT2D eigenvalue weighted by atomic mass is 16.2. The molecule has 2 heteroatoms. The molecule has 0 heterocycles. The van der Waals surface area contributed by atoms with Gasteiger partial charge in [0.05, 0.1) is 6.26 Å². The van der Waals surface area contributed by atoms with Crippen LogP contribution in [0.5, 0.6) is 0 Å². The van der Waals surface area contributed by atoms with Crippen molar-refractivity contribution in [1.82, 2.24) is 0 Å². The molecule has 0 rings (SSSR count). The Morgan fingerprint density at radius 2 is 1.83 bits per heavy atom. The van der Waals surface area contributed by atoms with E-state index in [0.717, 1.165) is 12.5 Å². The number of carbonyl (C=O) groups is 1. The van der Waals surface area contributed by atoms with Crippen LogP contribution in [-0.2, 0) is 4.79 Å². The van der Waals surface area contributed by atoms with E-state index in [1.807, 2.05) is 0 Å². The molecule has 0 bridgehead atoms. The number of aliphatic hydroxyl groups is 1. The number of aldehydes is 1. The van der Waals surface area contributed by atoms with Crippen LogP contribution >= 0.6 is 0 Å². The molecule has 0 saturated carbocycles. The molecule has 0 aliphatic carbocycles. The fourth-order valence-corrected chi connectivity index (χ4v) is 0. The zero-order chi connectivity index (χ0) is 5.41. The van der Waals surface area contributed by atoms with Crippen molar-refractivity contribution in [3.63, 3.8) is 0 Å². The minimum atomic E-state index is 0.750. The van der Waals surface area contributed by atoms with Gasteiger partial charge in [-0.2, -0.15) is 0 Å². The fraction of sp³-hybridized carbons (Fsp3) is 0.250. The van der Waals surface area contributed by atoms with E-state index in [-0.39, 0.29) is 0 Å². The summed E-state index contributed by atoms with van der Waals surface area (Å²) in [5, 5.41) is 7.33. The van der Waals surface area contributed by atoms with Crippen LogP contribution in [0.4, 0.5) is 0 Å². The Morgan fingerprint density at radius 3 is 1.83 bits per heavy atom. The van der Waals surface area contributed by atoms with Crippen LogP contribution in [0.3, 0.4) is 0 Å². The van der Waals surface area contributed by atoms with Crippen molar-refractivity contribution in [3.8, 4) is 0 Å². The molecule has 0 fully saturated rings. The van der Waals surface area contributed by atoms with Crippen LogP contribution in [0.15, 0.2) is 12.8 Å². The smallest absolute Gasteiger partial charge is 0.116 e. The van der Waals surface area contributed by atoms with E-state index in [1.54, 1.807) is 0 Å². The summed E-state index contributed by atoms with van der Waals surface area (Å²) in [6.07, 6.45) is 1.50. The molecule has 2 nitrogen and oxygen atoms in total. The molecule has 6 heavy (non-hydrogen) atoms. The third-order valence-electron chi connectivity index (χ3n) is 0. The van der Waals surface area contributed by atoms with E-state index < -0.39 is 0 Å². The average molecular weight is 88.1 g/mol. The second kappa shape index (κ2) is 29.6. The highest BCUT2D eigenvalue weighted by Gasteiger charge is 1.24. The molecule has 0 aliphatic rings. The van der Waals surface area contributed by atoms with E-state index in [1.165, 1.54) is 6.92 Å². The van der Waals surface area contributed by atoms with Crippen molar-refractivity contribution in [1.29, 1.82) is 0 Å². The average Bonchev–Trinajstić information content (AvgIpc) is 1.39. The summed E-state index contributed by atoms with van der Waals surface area (Å²) in [6, 6.07) is 0. The molecule has 0 radical (unpaired) electrons. The molecule has 36 valence electrons. The van der Waals surface area contributed by atoms with E-state index in [2.05, 4.69) is 6.58 Å². The van der Waals surface area contributed by atoms with Crippen molar-refractivity contribution in [2.45, 2.75) is 6.92 Å². The minimum Gasteiger partial charge on any atom is -0.516 e. The zero-order valence-corrected chi connectivity index (χ0v) is 3.72. The Morgan fingerprint density at radius 1 is 1.83 bits per heavy atom. The van der Waals surface area contributed by atoms with Crippen LogP contribution in [0.25, 0.3) is 0 Å². The normalized spacial score (nSPS) is 4.17. The molecule has 0 unspecified atom stereocenters. The molecule has 0 aliphatic heterocycles. The molecule has 0 saturated heterocycles. The Bertz CT molecular complexity index is 26.5. The lowest BCUT2D eigenvalue weighted by Gasteiger charge is -1.41. The highest BCUT2D eigenvalue weighted by Crippen LogP contribution is 1.26. The van der Waals surface area contributed by atoms with Crippen molar-refractivity contribution in [2.24, 2.45) is 0 Å². The summed E-state index contributed by atoms with van der Waals surface area (Å²) in [5.74, 6) is 0. The summed E-state index contributed by atoms with van der Waals surface area (Å²) in [4.78, 5) is 8.81. The third kappa shape index (κ3) is 25.1. The van der Waals surface area contributed by atoms with Crippen molar-refractivity contribution in [2.75, 3.05) is 0 Å². The SMILES string of the molecule is C=CO.CC=O. The van der Waals surface area contributed by atoms with Crippen LogP contribution in [-0.4, -0.2) is 11.4 Å². The third-order valence-corrected chi connectivity index (χ3v) is 0. The number of hydrogen-bond donors (Lipinski definition) is 1. The van der Waals surface area contributed by atoms with Gasteiger partial charge in [-0.15, -0.1) is 0 Å². The maximum Gasteiger partial charge on any atom is 0.116 e. The predicted octanol–water partition coefficient (Wildman–Crippen LogP) is 0.893. The molecule has 1 N–H and O–H groups in total. The standard InChI is InChI=1S/2C2H4O/c2*1-2-3/h2H,1H3;2-3H,1H2. The minimum absolute atomic E-state index is 0.750. The number of aliphatic hydroxyl groups excluding tert-OH is 1. The Kier molecular flexibility index (Phi) is 44.3. The number of rotatable bonds is 0. The first-order valence-electron chi connectivity index (χ1n) is 1.48. The van der Waals surface area contributed by atoms with Crippen molar-refractivity contribution in [3.05, 3.63) is 12.8 Å². The molecule has 0 spiro atoms. The second-order valence-electron chi connectivity index (χ2n) is 0.418. The first kappa shape index (κ1) is 8.96. The molecule has 0 aromatic rings. The number of carbonyl (C=O) groups excluding carboxylic acids is 1. The van der Waals surface area contributed by atoms with Crippen LogP contribution in [0.1, 0.15) is 6.92 Å². The van der Waals surface area contributed by atoms with E-state index >= 15 is 0 Å². The fourth-order valence-electron chi connectivity index (χ4n) is 0. The topological polar surface area (TPSA) is 37.3 Å². The summed E-state index contributed by atoms with van der Waals surface area (Å²) in [5.41, 5.74) is 0. The first-order chi connectivity index (χ1) is 2.83. The van der Waals surface area contributed by atoms with Gasteiger partial charge in [0.2, 0.25) is 0 Å². The van der Waals surface area contributed by atoms with Gasteiger partial charge in [0.1, 0.15) is 6.29 Å². The van der Waals surface area contributed by atoms with Gasteiger partial charge < -0.3 is 9.90 Å². The lowest BCUT2D eigenvalue weighted by molar-refractivity contribution is -0.106. The van der Waals surface area contributed by atoms with Gasteiger partial charge in [-0.05, 0) is 6.92 Å². The Labute approximate surface area is 37.1 Å². The molecule has 0 atom stereocenters. The largest absolute Gasteiger partial charge is 0.516 e. The van der Waals surface area contributed by atoms with E-state index in [9.17, 15) is 0 Å². The summed E-state index contributed by atoms with van der Waals surface area (Å²) in [7, 11) is 0. The van der Waals surface area contributed by atoms with Gasteiger partial charge in [0.25, 0.3) is 0 Å². The maximum absolute atomic E-state index is 8.81. The van der Waals surface area contributed by atoms with E-state index in [4.69, 9.17) is 9.90 Å². The first-order valence-corrected chi connectivity index (χ1v) is 1.48. The lowest BCUT2D eigenvalue weighted by Crippen LogP contribution is -1.36. The van der Waals surface area contributed by atoms with Gasteiger partial charge >= 0.3 is 0 Å². The predicted molar refractivity (Wildman–Crippen MR) is 24.6 cm³/mol. The lowest BCUT2D eigenvalue weighted by atomic mass is 11.0. The monoisotopic (exact) mass is 88.1 g/mol. The van der Waals surface area contributed by atoms with Crippen molar-refractivity contribution < 1.29 is 9.90 Å². The summed E-state index contributed by atoms with van der Waals surface area (Å²) in [6.45, 7) is 4.36. The van der Waals surface area contributed by atoms with Crippen LogP contribution in [0.2, 0.25) is 0 Å². The van der Waals surface area contributed by atoms with Gasteiger partial charge in [-0.25, -0.2) is 0 Å². The van der Waals surface area contributed by atoms with Crippen molar-refractivity contribution >= 4 is 6.29 Å². The Balaban J connectivity index is 0. The highest BCUT2D eigenvalue weighted by molar-refractivity contribution is 5.44. The molecule has 0 aromatic carbocycles. The molecule has 0 aromatic heterocycles. The summed E-state index contributed by atoms with van der Waals surface area (Å²) < 4.78 is 0. The quantitative estimate of drug-likeness (QED) is 0.352. The second-order valence-corrected chi connectivity index (χ2v) is 0.418. The molecular weight excluding hydrogens is 80.0 g/mol. The molecular formula is C4H8O2. The van der Waals surface area contributed by atoms with Gasteiger partial charge in [-0.3, -0.25) is 0 Å². The van der Waals surface area contributed by atoms with Gasteiger partial charge in [0, 0.05) is 0 Å². The van der Waals surface area contributed by atoms with E-state index in [0.29, 0.717) is 0 Å². The van der Waals surface area contributed by atoms with Crippen LogP contribution in [0, 0.1) is 0 Å². The maximum atomic E-state index is 8.81. The van der Waals surface area contributed by atoms with Gasteiger partial charge in [-0.1, -0.05) is 6.58 Å². The Hall–Kier alpha value is -0.790. The van der Waals surface area contributed by atoms with Gasteiger partial charge in [0.15, 0.2) is 0 Å². The summed E-state index contributed by atoms with van der Waals surface area (Å²) >= 11 is 0. The number of hydrogen-bond acceptors (Lipinski definition) is 2.